The third-order valence-corrected chi connectivity index (χ3v) is 1.86. The number of hydrogen-bond acceptors (Lipinski definition) is 4. The summed E-state index contributed by atoms with van der Waals surface area (Å²) in [6, 6.07) is 0. The van der Waals surface area contributed by atoms with E-state index in [0.29, 0.717) is 0 Å². The molecule has 0 heterocycles. The van der Waals surface area contributed by atoms with E-state index in [0.717, 1.165) is 0 Å². The Morgan fingerprint density at radius 1 is 1.15 bits per heavy atom. The molecule has 0 saturated heterocycles. The minimum atomic E-state index is -1.72. The largest absolute Gasteiger partial charge is 0.520 e. The Balaban J connectivity index is 4.34. The van der Waals surface area contributed by atoms with Gasteiger partial charge in [-0.3, -0.25) is 0 Å². The van der Waals surface area contributed by atoms with E-state index in [1.165, 1.54) is 20.3 Å². The highest BCUT2D eigenvalue weighted by molar-refractivity contribution is 6.70. The Kier molecular flexibility index (Phi) is 4.54. The summed E-state index contributed by atoms with van der Waals surface area (Å²) in [6.07, 6.45) is 1.19. The molecular formula is C8H16O4Si. The van der Waals surface area contributed by atoms with Crippen LogP contribution in [0.25, 0.3) is 0 Å². The second-order valence-electron chi connectivity index (χ2n) is 3.41. The predicted octanol–water partition coefficient (Wildman–Crippen LogP) is 1.50. The molecule has 0 unspecified atom stereocenters. The third kappa shape index (κ3) is 6.21. The fraction of sp³-hybridized carbons (Fsp3) is 0.625. The average molecular weight is 204 g/mol. The molecule has 0 rings (SSSR count). The summed E-state index contributed by atoms with van der Waals surface area (Å²) >= 11 is 0. The first-order valence-electron chi connectivity index (χ1n) is 3.91. The molecule has 0 spiro atoms. The molecule has 0 N–H and O–H groups in total. The van der Waals surface area contributed by atoms with Gasteiger partial charge in [0.15, 0.2) is 0 Å². The molecule has 0 atom stereocenters. The van der Waals surface area contributed by atoms with Crippen molar-refractivity contribution in [2.45, 2.75) is 19.6 Å². The van der Waals surface area contributed by atoms with Gasteiger partial charge in [-0.15, -0.1) is 0 Å². The lowest BCUT2D eigenvalue weighted by atomic mass is 10.6. The molecule has 76 valence electrons. The fourth-order valence-corrected chi connectivity index (χ4v) is 1.33. The van der Waals surface area contributed by atoms with Crippen LogP contribution >= 0.6 is 0 Å². The van der Waals surface area contributed by atoms with E-state index < -0.39 is 14.3 Å². The van der Waals surface area contributed by atoms with Crippen molar-refractivity contribution >= 4 is 14.3 Å². The SMILES string of the molecule is COC(=O)/C=C(\OC)O[Si](C)(C)C. The van der Waals surface area contributed by atoms with Gasteiger partial charge in [-0.1, -0.05) is 0 Å². The normalized spacial score (nSPS) is 12.2. The molecule has 0 aliphatic heterocycles. The molecule has 0 aliphatic rings. The second-order valence-corrected chi connectivity index (χ2v) is 7.83. The molecule has 5 heteroatoms. The Morgan fingerprint density at radius 2 is 1.69 bits per heavy atom. The number of hydrogen-bond donors (Lipinski definition) is 0. The van der Waals surface area contributed by atoms with Gasteiger partial charge in [-0.2, -0.15) is 0 Å². The van der Waals surface area contributed by atoms with E-state index in [4.69, 9.17) is 9.16 Å². The Morgan fingerprint density at radius 3 is 2.00 bits per heavy atom. The summed E-state index contributed by atoms with van der Waals surface area (Å²) < 4.78 is 14.7. The number of rotatable bonds is 4. The van der Waals surface area contributed by atoms with Gasteiger partial charge in [0.2, 0.25) is 8.32 Å². The van der Waals surface area contributed by atoms with Crippen LogP contribution in [0, 0.1) is 0 Å². The number of ether oxygens (including phenoxy) is 2. The van der Waals surface area contributed by atoms with Crippen molar-refractivity contribution in [3.63, 3.8) is 0 Å². The summed E-state index contributed by atoms with van der Waals surface area (Å²) in [7, 11) is 1.04. The van der Waals surface area contributed by atoms with Gasteiger partial charge in [0.25, 0.3) is 5.95 Å². The Bertz CT molecular complexity index is 205. The van der Waals surface area contributed by atoms with Gasteiger partial charge in [0.1, 0.15) is 6.08 Å². The highest BCUT2D eigenvalue weighted by atomic mass is 28.4. The predicted molar refractivity (Wildman–Crippen MR) is 51.5 cm³/mol. The zero-order valence-electron chi connectivity index (χ0n) is 8.71. The zero-order valence-corrected chi connectivity index (χ0v) is 9.71. The summed E-state index contributed by atoms with van der Waals surface area (Å²) in [4.78, 5) is 10.8. The van der Waals surface area contributed by atoms with Gasteiger partial charge in [-0.25, -0.2) is 4.79 Å². The monoisotopic (exact) mass is 204 g/mol. The molecule has 0 aromatic rings. The van der Waals surface area contributed by atoms with Crippen molar-refractivity contribution in [3.8, 4) is 0 Å². The molecule has 0 radical (unpaired) electrons. The van der Waals surface area contributed by atoms with Crippen molar-refractivity contribution < 1.29 is 18.7 Å². The molecule has 13 heavy (non-hydrogen) atoms. The first-order valence-corrected chi connectivity index (χ1v) is 7.32. The topological polar surface area (TPSA) is 44.8 Å². The van der Waals surface area contributed by atoms with E-state index in [-0.39, 0.29) is 5.95 Å². The minimum Gasteiger partial charge on any atom is -0.520 e. The molecule has 4 nitrogen and oxygen atoms in total. The summed E-state index contributed by atoms with van der Waals surface area (Å²) in [6.45, 7) is 5.99. The zero-order chi connectivity index (χ0) is 10.5. The summed E-state index contributed by atoms with van der Waals surface area (Å²) in [5, 5.41) is 0. The number of methoxy groups -OCH3 is 2. The van der Waals surface area contributed by atoms with E-state index >= 15 is 0 Å². The second kappa shape index (κ2) is 4.91. The maximum Gasteiger partial charge on any atom is 0.337 e. The van der Waals surface area contributed by atoms with Gasteiger partial charge in [0, 0.05) is 0 Å². The molecular weight excluding hydrogens is 188 g/mol. The number of carbonyl (C=O) groups excluding carboxylic acids is 1. The van der Waals surface area contributed by atoms with Crippen LogP contribution in [-0.4, -0.2) is 28.5 Å². The minimum absolute atomic E-state index is 0.214. The van der Waals surface area contributed by atoms with Gasteiger partial charge in [-0.05, 0) is 19.6 Å². The molecule has 0 saturated carbocycles. The Hall–Kier alpha value is -0.973. The van der Waals surface area contributed by atoms with E-state index in [2.05, 4.69) is 4.74 Å². The lowest BCUT2D eigenvalue weighted by molar-refractivity contribution is -0.135. The highest BCUT2D eigenvalue weighted by Crippen LogP contribution is 2.10. The fourth-order valence-electron chi connectivity index (χ4n) is 0.587. The molecule has 0 fully saturated rings. The molecule has 0 aromatic carbocycles. The summed E-state index contributed by atoms with van der Waals surface area (Å²) in [5.41, 5.74) is 0. The number of carbonyl (C=O) groups is 1. The third-order valence-electron chi connectivity index (χ3n) is 1.04. The molecule has 0 aromatic heterocycles. The molecule has 0 aliphatic carbocycles. The van der Waals surface area contributed by atoms with Crippen LogP contribution in [0.3, 0.4) is 0 Å². The average Bonchev–Trinajstić information content (AvgIpc) is 2.00. The van der Waals surface area contributed by atoms with Crippen LogP contribution in [0.5, 0.6) is 0 Å². The van der Waals surface area contributed by atoms with E-state index in [1.807, 2.05) is 19.6 Å². The quantitative estimate of drug-likeness (QED) is 0.301. The van der Waals surface area contributed by atoms with Crippen molar-refractivity contribution in [1.82, 2.24) is 0 Å². The lowest BCUT2D eigenvalue weighted by Crippen LogP contribution is -2.25. The van der Waals surface area contributed by atoms with Crippen LogP contribution in [0.4, 0.5) is 0 Å². The standard InChI is InChI=1S/C8H16O4Si/c1-10-7(9)6-8(11-2)12-13(3,4)5/h6H,1-5H3/b8-6+. The first-order chi connectivity index (χ1) is 5.89. The van der Waals surface area contributed by atoms with Crippen LogP contribution in [0.15, 0.2) is 12.0 Å². The van der Waals surface area contributed by atoms with Crippen LogP contribution < -0.4 is 0 Å². The van der Waals surface area contributed by atoms with Crippen LogP contribution in [0.1, 0.15) is 0 Å². The maximum absolute atomic E-state index is 10.8. The smallest absolute Gasteiger partial charge is 0.337 e. The molecule has 0 amide bonds. The van der Waals surface area contributed by atoms with Crippen molar-refractivity contribution in [1.29, 1.82) is 0 Å². The lowest BCUT2D eigenvalue weighted by Gasteiger charge is -2.19. The van der Waals surface area contributed by atoms with Gasteiger partial charge in [0.05, 0.1) is 14.2 Å². The van der Waals surface area contributed by atoms with Crippen molar-refractivity contribution in [2.24, 2.45) is 0 Å². The van der Waals surface area contributed by atoms with Gasteiger partial charge < -0.3 is 13.9 Å². The van der Waals surface area contributed by atoms with Crippen LogP contribution in [-0.2, 0) is 18.7 Å². The van der Waals surface area contributed by atoms with E-state index in [9.17, 15) is 4.79 Å². The number of esters is 1. The maximum atomic E-state index is 10.8. The van der Waals surface area contributed by atoms with Crippen molar-refractivity contribution in [2.75, 3.05) is 14.2 Å². The van der Waals surface area contributed by atoms with Crippen LogP contribution in [0.2, 0.25) is 19.6 Å². The first kappa shape index (κ1) is 12.0. The Labute approximate surface area is 79.6 Å². The highest BCUT2D eigenvalue weighted by Gasteiger charge is 2.18. The molecule has 0 bridgehead atoms. The van der Waals surface area contributed by atoms with E-state index in [1.54, 1.807) is 0 Å². The van der Waals surface area contributed by atoms with Crippen molar-refractivity contribution in [3.05, 3.63) is 12.0 Å². The van der Waals surface area contributed by atoms with Gasteiger partial charge >= 0.3 is 5.97 Å². The summed E-state index contributed by atoms with van der Waals surface area (Å²) in [5.74, 6) is -0.263.